The van der Waals surface area contributed by atoms with E-state index in [4.69, 9.17) is 15.3 Å². The number of rotatable bonds is 1. The third-order valence-electron chi connectivity index (χ3n) is 2.02. The van der Waals surface area contributed by atoms with Crippen LogP contribution in [0.4, 0.5) is 17.6 Å². The Morgan fingerprint density at radius 2 is 1.79 bits per heavy atom. The first-order valence-electron chi connectivity index (χ1n) is 3.60. The maximum absolute atomic E-state index is 12.8. The van der Waals surface area contributed by atoms with Crippen LogP contribution in [-0.2, 0) is 4.74 Å². The second-order valence-electron chi connectivity index (χ2n) is 2.97. The summed E-state index contributed by atoms with van der Waals surface area (Å²) in [5.41, 5.74) is 0. The Bertz CT molecular complexity index is 227. The average Bonchev–Trinajstić information content (AvgIpc) is 2.10. The number of aliphatic hydroxyl groups is 3. The van der Waals surface area contributed by atoms with Gasteiger partial charge < -0.3 is 20.1 Å². The molecule has 84 valence electrons. The van der Waals surface area contributed by atoms with Crippen LogP contribution in [0.5, 0.6) is 0 Å². The number of ether oxygens (including phenoxy) is 1. The Morgan fingerprint density at radius 1 is 1.29 bits per heavy atom. The molecule has 0 saturated carbocycles. The van der Waals surface area contributed by atoms with Crippen molar-refractivity contribution in [2.75, 3.05) is 13.2 Å². The Morgan fingerprint density at radius 3 is 2.21 bits per heavy atom. The van der Waals surface area contributed by atoms with Gasteiger partial charge in [0.15, 0.2) is 0 Å². The molecule has 0 aliphatic carbocycles. The van der Waals surface area contributed by atoms with E-state index in [1.165, 1.54) is 0 Å². The van der Waals surface area contributed by atoms with Gasteiger partial charge in [-0.2, -0.15) is 17.6 Å². The fourth-order valence-corrected chi connectivity index (χ4v) is 1.03. The van der Waals surface area contributed by atoms with Gasteiger partial charge in [-0.15, -0.1) is 0 Å². The molecular formula is C6H8F4O4. The van der Waals surface area contributed by atoms with Crippen LogP contribution in [0.15, 0.2) is 0 Å². The van der Waals surface area contributed by atoms with Crippen molar-refractivity contribution in [3.63, 3.8) is 0 Å². The van der Waals surface area contributed by atoms with Crippen LogP contribution in [0.2, 0.25) is 0 Å². The minimum absolute atomic E-state index is 1.18. The van der Waals surface area contributed by atoms with Crippen LogP contribution in [0.3, 0.4) is 0 Å². The molecule has 1 heterocycles. The molecule has 1 aliphatic rings. The normalized spacial score (nSPS) is 40.9. The van der Waals surface area contributed by atoms with Crippen molar-refractivity contribution in [1.29, 1.82) is 0 Å². The predicted molar refractivity (Wildman–Crippen MR) is 33.9 cm³/mol. The molecule has 1 rings (SSSR count). The van der Waals surface area contributed by atoms with E-state index in [2.05, 4.69) is 4.74 Å². The molecule has 0 amide bonds. The quantitative estimate of drug-likeness (QED) is 0.512. The van der Waals surface area contributed by atoms with E-state index in [1.54, 1.807) is 0 Å². The lowest BCUT2D eigenvalue weighted by Gasteiger charge is -2.44. The summed E-state index contributed by atoms with van der Waals surface area (Å²) in [6.45, 7) is -2.87. The second kappa shape index (κ2) is 3.02. The summed E-state index contributed by atoms with van der Waals surface area (Å²) in [7, 11) is 0. The zero-order chi connectivity index (χ0) is 11.2. The van der Waals surface area contributed by atoms with Gasteiger partial charge in [-0.1, -0.05) is 0 Å². The highest BCUT2D eigenvalue weighted by molar-refractivity contribution is 5.03. The maximum atomic E-state index is 12.8. The maximum Gasteiger partial charge on any atom is 0.367 e. The first-order valence-corrected chi connectivity index (χ1v) is 3.60. The van der Waals surface area contributed by atoms with Crippen LogP contribution in [0.25, 0.3) is 0 Å². The number of hydrogen-bond donors (Lipinski definition) is 3. The highest BCUT2D eigenvalue weighted by Gasteiger charge is 2.75. The second-order valence-corrected chi connectivity index (χ2v) is 2.97. The van der Waals surface area contributed by atoms with Gasteiger partial charge in [0, 0.05) is 0 Å². The van der Waals surface area contributed by atoms with Crippen LogP contribution in [0, 0.1) is 0 Å². The van der Waals surface area contributed by atoms with E-state index in [0.717, 1.165) is 0 Å². The smallest absolute Gasteiger partial charge is 0.367 e. The van der Waals surface area contributed by atoms with E-state index < -0.39 is 36.9 Å². The van der Waals surface area contributed by atoms with Crippen molar-refractivity contribution in [2.45, 2.75) is 23.7 Å². The summed E-state index contributed by atoms with van der Waals surface area (Å²) < 4.78 is 55.0. The van der Waals surface area contributed by atoms with Gasteiger partial charge in [-0.25, -0.2) is 0 Å². The molecule has 14 heavy (non-hydrogen) atoms. The predicted octanol–water partition coefficient (Wildman–Crippen LogP) is -0.671. The van der Waals surface area contributed by atoms with Crippen molar-refractivity contribution in [3.8, 4) is 0 Å². The summed E-state index contributed by atoms with van der Waals surface area (Å²) in [6, 6.07) is 0. The molecule has 8 heteroatoms. The fourth-order valence-electron chi connectivity index (χ4n) is 1.03. The molecule has 3 N–H and O–H groups in total. The first-order chi connectivity index (χ1) is 6.19. The average molecular weight is 220 g/mol. The first kappa shape index (κ1) is 11.6. The molecule has 4 nitrogen and oxygen atoms in total. The SMILES string of the molecule is OCC1(O)OC[C@@H](O)C(F)(F)C1(F)F. The number of hydrogen-bond acceptors (Lipinski definition) is 4. The van der Waals surface area contributed by atoms with Gasteiger partial charge >= 0.3 is 11.8 Å². The monoisotopic (exact) mass is 220 g/mol. The molecule has 2 atom stereocenters. The highest BCUT2D eigenvalue weighted by Crippen LogP contribution is 2.48. The Labute approximate surface area is 75.7 Å². The van der Waals surface area contributed by atoms with Gasteiger partial charge in [-0.05, 0) is 0 Å². The molecule has 0 bridgehead atoms. The largest absolute Gasteiger partial charge is 0.391 e. The van der Waals surface area contributed by atoms with Gasteiger partial charge in [0.1, 0.15) is 12.7 Å². The fraction of sp³-hybridized carbons (Fsp3) is 1.00. The lowest BCUT2D eigenvalue weighted by Crippen LogP contribution is -2.70. The van der Waals surface area contributed by atoms with E-state index in [0.29, 0.717) is 0 Å². The van der Waals surface area contributed by atoms with Crippen molar-refractivity contribution in [1.82, 2.24) is 0 Å². The summed E-state index contributed by atoms with van der Waals surface area (Å²) in [4.78, 5) is 0. The molecule has 1 saturated heterocycles. The minimum Gasteiger partial charge on any atom is -0.391 e. The zero-order valence-corrected chi connectivity index (χ0v) is 6.75. The number of alkyl halides is 4. The van der Waals surface area contributed by atoms with E-state index in [1.807, 2.05) is 0 Å². The Hall–Kier alpha value is -0.440. The van der Waals surface area contributed by atoms with E-state index in [9.17, 15) is 17.6 Å². The molecule has 1 unspecified atom stereocenters. The van der Waals surface area contributed by atoms with Crippen molar-refractivity contribution < 1.29 is 37.6 Å². The van der Waals surface area contributed by atoms with Crippen LogP contribution in [-0.4, -0.2) is 52.3 Å². The summed E-state index contributed by atoms with van der Waals surface area (Å²) in [6.07, 6.45) is -2.72. The lowest BCUT2D eigenvalue weighted by molar-refractivity contribution is -0.431. The third kappa shape index (κ3) is 1.22. The standard InChI is InChI=1S/C6H8F4O4/c7-5(8)3(12)1-14-4(13,2-11)6(5,9)10/h3,11-13H,1-2H2/t3-,4?/m1/s1. The molecule has 0 aromatic rings. The van der Waals surface area contributed by atoms with E-state index in [-0.39, 0.29) is 0 Å². The Balaban J connectivity index is 3.09. The molecule has 0 spiro atoms. The van der Waals surface area contributed by atoms with Crippen molar-refractivity contribution in [2.24, 2.45) is 0 Å². The van der Waals surface area contributed by atoms with E-state index >= 15 is 0 Å². The zero-order valence-electron chi connectivity index (χ0n) is 6.75. The van der Waals surface area contributed by atoms with Crippen molar-refractivity contribution >= 4 is 0 Å². The summed E-state index contributed by atoms with van der Waals surface area (Å²) >= 11 is 0. The van der Waals surface area contributed by atoms with Crippen LogP contribution >= 0.6 is 0 Å². The van der Waals surface area contributed by atoms with Gasteiger partial charge in [0.2, 0.25) is 0 Å². The minimum atomic E-state index is -5.05. The Kier molecular flexibility index (Phi) is 2.51. The summed E-state index contributed by atoms with van der Waals surface area (Å²) in [5, 5.41) is 25.7. The van der Waals surface area contributed by atoms with Crippen molar-refractivity contribution in [3.05, 3.63) is 0 Å². The summed E-state index contributed by atoms with van der Waals surface area (Å²) in [5.74, 6) is -13.6. The topological polar surface area (TPSA) is 69.9 Å². The highest BCUT2D eigenvalue weighted by atomic mass is 19.3. The van der Waals surface area contributed by atoms with Crippen LogP contribution in [0.1, 0.15) is 0 Å². The van der Waals surface area contributed by atoms with Crippen LogP contribution < -0.4 is 0 Å². The lowest BCUT2D eigenvalue weighted by atomic mass is 9.95. The molecule has 1 fully saturated rings. The molecule has 0 radical (unpaired) electrons. The molecule has 1 aliphatic heterocycles. The van der Waals surface area contributed by atoms with Gasteiger partial charge in [0.05, 0.1) is 6.61 Å². The third-order valence-corrected chi connectivity index (χ3v) is 2.02. The molecule has 0 aromatic carbocycles. The van der Waals surface area contributed by atoms with Gasteiger partial charge in [-0.3, -0.25) is 0 Å². The molecule has 0 aromatic heterocycles. The number of aliphatic hydroxyl groups excluding tert-OH is 2. The van der Waals surface area contributed by atoms with Gasteiger partial charge in [0.25, 0.3) is 5.79 Å². The molecular weight excluding hydrogens is 212 g/mol. The number of halogens is 4.